The lowest BCUT2D eigenvalue weighted by Crippen LogP contribution is -2.09. The van der Waals surface area contributed by atoms with Crippen LogP contribution >= 0.6 is 45.2 Å². The van der Waals surface area contributed by atoms with Crippen molar-refractivity contribution in [2.75, 3.05) is 4.90 Å². The Morgan fingerprint density at radius 1 is 0.235 bits per heavy atom. The van der Waals surface area contributed by atoms with Crippen LogP contribution in [0.4, 0.5) is 17.1 Å². The van der Waals surface area contributed by atoms with Crippen molar-refractivity contribution in [3.8, 4) is 55.6 Å². The zero-order valence-corrected chi connectivity index (χ0v) is 32.1. The third kappa shape index (κ3) is 7.55. The highest BCUT2D eigenvalue weighted by Crippen LogP contribution is 2.38. The molecule has 1 nitrogen and oxygen atoms in total. The molecule has 0 bridgehead atoms. The highest BCUT2D eigenvalue weighted by Gasteiger charge is 2.14. The molecule has 0 radical (unpaired) electrons. The van der Waals surface area contributed by atoms with E-state index in [2.05, 4.69) is 250 Å². The van der Waals surface area contributed by atoms with E-state index >= 15 is 0 Å². The molecule has 0 aliphatic rings. The zero-order valence-electron chi connectivity index (χ0n) is 27.8. The zero-order chi connectivity index (χ0) is 34.6. The van der Waals surface area contributed by atoms with Gasteiger partial charge in [0.15, 0.2) is 0 Å². The van der Waals surface area contributed by atoms with Gasteiger partial charge in [0.1, 0.15) is 0 Å². The van der Waals surface area contributed by atoms with Crippen molar-refractivity contribution in [1.29, 1.82) is 0 Å². The summed E-state index contributed by atoms with van der Waals surface area (Å²) in [5, 5.41) is 0. The molecular weight excluding hydrogens is 844 g/mol. The van der Waals surface area contributed by atoms with E-state index in [1.54, 1.807) is 0 Å². The Bertz CT molecular complexity index is 2310. The fourth-order valence-corrected chi connectivity index (χ4v) is 7.64. The highest BCUT2D eigenvalue weighted by molar-refractivity contribution is 14.1. The molecule has 51 heavy (non-hydrogen) atoms. The third-order valence-corrected chi connectivity index (χ3v) is 10.6. The second-order valence-corrected chi connectivity index (χ2v) is 15.0. The molecule has 0 aromatic heterocycles. The van der Waals surface area contributed by atoms with Crippen LogP contribution < -0.4 is 4.90 Å². The summed E-state index contributed by atoms with van der Waals surface area (Å²) in [4.78, 5) is 2.34. The maximum absolute atomic E-state index is 2.38. The Labute approximate surface area is 327 Å². The summed E-state index contributed by atoms with van der Waals surface area (Å²) in [6, 6.07) is 72.2. The molecule has 0 heterocycles. The largest absolute Gasteiger partial charge is 0.311 e. The molecule has 0 amide bonds. The molecular formula is C48H33I2N. The molecule has 8 aromatic carbocycles. The van der Waals surface area contributed by atoms with Crippen LogP contribution in [0.25, 0.3) is 55.6 Å². The van der Waals surface area contributed by atoms with Gasteiger partial charge in [-0.1, -0.05) is 133 Å². The number of hydrogen-bond donors (Lipinski definition) is 0. The van der Waals surface area contributed by atoms with Crippen LogP contribution in [0.1, 0.15) is 0 Å². The van der Waals surface area contributed by atoms with Crippen LogP contribution in [-0.2, 0) is 0 Å². The van der Waals surface area contributed by atoms with Crippen LogP contribution in [0.3, 0.4) is 0 Å². The van der Waals surface area contributed by atoms with E-state index in [9.17, 15) is 0 Å². The van der Waals surface area contributed by atoms with Gasteiger partial charge >= 0.3 is 0 Å². The quantitative estimate of drug-likeness (QED) is 0.138. The lowest BCUT2D eigenvalue weighted by Gasteiger charge is -2.26. The second kappa shape index (κ2) is 15.1. The van der Waals surface area contributed by atoms with Gasteiger partial charge in [-0.2, -0.15) is 0 Å². The van der Waals surface area contributed by atoms with Crippen molar-refractivity contribution in [1.82, 2.24) is 0 Å². The lowest BCUT2D eigenvalue weighted by molar-refractivity contribution is 1.28. The molecule has 0 spiro atoms. The van der Waals surface area contributed by atoms with Gasteiger partial charge in [-0.05, 0) is 168 Å². The normalized spacial score (nSPS) is 10.9. The number of nitrogens with zero attached hydrogens (tertiary/aromatic N) is 1. The summed E-state index contributed by atoms with van der Waals surface area (Å²) in [6.07, 6.45) is 0. The van der Waals surface area contributed by atoms with Crippen LogP contribution in [0.5, 0.6) is 0 Å². The molecule has 244 valence electrons. The molecule has 3 heteroatoms. The second-order valence-electron chi connectivity index (χ2n) is 12.5. The smallest absolute Gasteiger partial charge is 0.0462 e. The Balaban J connectivity index is 1.11. The van der Waals surface area contributed by atoms with Crippen LogP contribution in [0.2, 0.25) is 0 Å². The lowest BCUT2D eigenvalue weighted by atomic mass is 9.97. The van der Waals surface area contributed by atoms with Crippen LogP contribution in [0.15, 0.2) is 200 Å². The summed E-state index contributed by atoms with van der Waals surface area (Å²) >= 11 is 4.76. The average Bonchev–Trinajstić information content (AvgIpc) is 3.19. The van der Waals surface area contributed by atoms with Gasteiger partial charge in [0.05, 0.1) is 0 Å². The minimum atomic E-state index is 1.11. The van der Waals surface area contributed by atoms with E-state index in [-0.39, 0.29) is 0 Å². The summed E-state index contributed by atoms with van der Waals surface area (Å²) in [7, 11) is 0. The number of anilines is 3. The van der Waals surface area contributed by atoms with Gasteiger partial charge < -0.3 is 4.90 Å². The predicted molar refractivity (Wildman–Crippen MR) is 234 cm³/mol. The first-order chi connectivity index (χ1) is 25.1. The Morgan fingerprint density at radius 3 is 0.882 bits per heavy atom. The first-order valence-corrected chi connectivity index (χ1v) is 19.1. The number of hydrogen-bond acceptors (Lipinski definition) is 1. The fourth-order valence-electron chi connectivity index (χ4n) is 6.56. The topological polar surface area (TPSA) is 3.24 Å². The molecule has 0 aliphatic heterocycles. The summed E-state index contributed by atoms with van der Waals surface area (Å²) in [5.41, 5.74) is 15.4. The van der Waals surface area contributed by atoms with Gasteiger partial charge in [0.2, 0.25) is 0 Å². The molecule has 0 saturated heterocycles. The van der Waals surface area contributed by atoms with Crippen molar-refractivity contribution in [2.45, 2.75) is 0 Å². The SMILES string of the molecule is Ic1cccc(-c2ccc(N(c3ccc(-c4cccc(I)c4)cc3)c3ccc(-c4cccc(-c5ccc(-c6ccccc6)cc5)c4)cc3)cc2)c1. The van der Waals surface area contributed by atoms with E-state index in [4.69, 9.17) is 0 Å². The van der Waals surface area contributed by atoms with Gasteiger partial charge in [-0.25, -0.2) is 0 Å². The number of rotatable bonds is 8. The summed E-state index contributed by atoms with van der Waals surface area (Å²) in [6.45, 7) is 0. The maximum atomic E-state index is 2.38. The minimum absolute atomic E-state index is 1.11. The first-order valence-electron chi connectivity index (χ1n) is 17.0. The molecule has 0 fully saturated rings. The van der Waals surface area contributed by atoms with Crippen molar-refractivity contribution < 1.29 is 0 Å². The Morgan fingerprint density at radius 2 is 0.510 bits per heavy atom. The first kappa shape index (κ1) is 33.2. The molecule has 0 atom stereocenters. The highest BCUT2D eigenvalue weighted by atomic mass is 127. The molecule has 8 aromatic rings. The van der Waals surface area contributed by atoms with Crippen molar-refractivity contribution in [2.24, 2.45) is 0 Å². The number of halogens is 2. The maximum Gasteiger partial charge on any atom is 0.0462 e. The minimum Gasteiger partial charge on any atom is -0.311 e. The van der Waals surface area contributed by atoms with E-state index in [0.717, 1.165) is 17.1 Å². The molecule has 0 saturated carbocycles. The van der Waals surface area contributed by atoms with Gasteiger partial charge in [0, 0.05) is 24.2 Å². The van der Waals surface area contributed by atoms with Crippen LogP contribution in [0, 0.1) is 7.14 Å². The van der Waals surface area contributed by atoms with Gasteiger partial charge in [0.25, 0.3) is 0 Å². The van der Waals surface area contributed by atoms with E-state index in [1.807, 2.05) is 0 Å². The average molecular weight is 878 g/mol. The predicted octanol–water partition coefficient (Wildman–Crippen LogP) is 14.7. The molecule has 0 aliphatic carbocycles. The summed E-state index contributed by atoms with van der Waals surface area (Å²) in [5.74, 6) is 0. The number of benzene rings is 8. The van der Waals surface area contributed by atoms with E-state index < -0.39 is 0 Å². The Kier molecular flexibility index (Phi) is 9.82. The third-order valence-electron chi connectivity index (χ3n) is 9.21. The van der Waals surface area contributed by atoms with Gasteiger partial charge in [-0.15, -0.1) is 0 Å². The standard InChI is InChI=1S/C48H33I2N/c49-44-13-5-11-42(32-44)38-21-27-47(28-22-38)51(48-29-23-39(24-30-48)43-12-6-14-45(50)33-43)46-25-19-37(20-26-46)41-10-4-9-40(31-41)36-17-15-35(16-18-36)34-7-2-1-3-8-34/h1-33H. The monoisotopic (exact) mass is 877 g/mol. The molecule has 0 unspecified atom stereocenters. The summed E-state index contributed by atoms with van der Waals surface area (Å²) < 4.78 is 2.46. The van der Waals surface area contributed by atoms with E-state index in [1.165, 1.54) is 62.8 Å². The molecule has 0 N–H and O–H groups in total. The van der Waals surface area contributed by atoms with E-state index in [0.29, 0.717) is 0 Å². The van der Waals surface area contributed by atoms with Gasteiger partial charge in [-0.3, -0.25) is 0 Å². The van der Waals surface area contributed by atoms with Crippen molar-refractivity contribution in [3.05, 3.63) is 207 Å². The van der Waals surface area contributed by atoms with Crippen LogP contribution in [-0.4, -0.2) is 0 Å². The Hall–Kier alpha value is -4.98. The molecule has 8 rings (SSSR count). The van der Waals surface area contributed by atoms with Crippen molar-refractivity contribution in [3.63, 3.8) is 0 Å². The van der Waals surface area contributed by atoms with Crippen molar-refractivity contribution >= 4 is 62.2 Å². The fraction of sp³-hybridized carbons (Fsp3) is 0.